The van der Waals surface area contributed by atoms with Gasteiger partial charge in [-0.3, -0.25) is 14.8 Å². The first-order valence-electron chi connectivity index (χ1n) is 6.86. The highest BCUT2D eigenvalue weighted by Gasteiger charge is 2.39. The molecule has 1 aromatic heterocycles. The summed E-state index contributed by atoms with van der Waals surface area (Å²) in [5, 5.41) is 0. The molecule has 0 radical (unpaired) electrons. The van der Waals surface area contributed by atoms with Crippen molar-refractivity contribution in [3.63, 3.8) is 0 Å². The third-order valence-electron chi connectivity index (χ3n) is 4.05. The zero-order valence-corrected chi connectivity index (χ0v) is 10.9. The summed E-state index contributed by atoms with van der Waals surface area (Å²) in [4.78, 5) is 9.10. The molecule has 1 aliphatic heterocycles. The van der Waals surface area contributed by atoms with Crippen LogP contribution in [-0.4, -0.2) is 53.0 Å². The van der Waals surface area contributed by atoms with E-state index in [-0.39, 0.29) is 5.54 Å². The molecule has 0 amide bonds. The van der Waals surface area contributed by atoms with Gasteiger partial charge in [0, 0.05) is 57.2 Å². The van der Waals surface area contributed by atoms with Gasteiger partial charge in [-0.25, -0.2) is 0 Å². The SMILES string of the molecule is NC1(CN2CCN(Cc3ccncc3)CC2)CC1. The lowest BCUT2D eigenvalue weighted by Crippen LogP contribution is -2.50. The van der Waals surface area contributed by atoms with Crippen molar-refractivity contribution in [3.05, 3.63) is 30.1 Å². The molecule has 0 unspecified atom stereocenters. The number of hydrogen-bond acceptors (Lipinski definition) is 4. The Kier molecular flexibility index (Phi) is 3.33. The molecule has 0 aromatic carbocycles. The van der Waals surface area contributed by atoms with Crippen LogP contribution in [0.15, 0.2) is 24.5 Å². The van der Waals surface area contributed by atoms with Crippen molar-refractivity contribution in [1.29, 1.82) is 0 Å². The van der Waals surface area contributed by atoms with Gasteiger partial charge in [-0.2, -0.15) is 0 Å². The highest BCUT2D eigenvalue weighted by Crippen LogP contribution is 2.33. The molecule has 0 spiro atoms. The van der Waals surface area contributed by atoms with Crippen molar-refractivity contribution in [3.8, 4) is 0 Å². The van der Waals surface area contributed by atoms with E-state index in [2.05, 4.69) is 26.9 Å². The third kappa shape index (κ3) is 3.07. The second-order valence-electron chi connectivity index (χ2n) is 5.77. The van der Waals surface area contributed by atoms with E-state index in [9.17, 15) is 0 Å². The van der Waals surface area contributed by atoms with E-state index in [4.69, 9.17) is 5.73 Å². The normalized spacial score (nSPS) is 24.1. The zero-order valence-electron chi connectivity index (χ0n) is 10.9. The predicted molar refractivity (Wildman–Crippen MR) is 72.1 cm³/mol. The molecule has 4 nitrogen and oxygen atoms in total. The minimum Gasteiger partial charge on any atom is -0.324 e. The first kappa shape index (κ1) is 12.1. The van der Waals surface area contributed by atoms with Crippen molar-refractivity contribution in [2.75, 3.05) is 32.7 Å². The van der Waals surface area contributed by atoms with Crippen molar-refractivity contribution in [2.45, 2.75) is 24.9 Å². The van der Waals surface area contributed by atoms with E-state index in [1.54, 1.807) is 0 Å². The van der Waals surface area contributed by atoms with Crippen molar-refractivity contribution < 1.29 is 0 Å². The van der Waals surface area contributed by atoms with Crippen LogP contribution in [0.1, 0.15) is 18.4 Å². The number of rotatable bonds is 4. The lowest BCUT2D eigenvalue weighted by atomic mass is 10.2. The molecule has 98 valence electrons. The Balaban J connectivity index is 1.45. The standard InChI is InChI=1S/C14H22N4/c15-14(3-4-14)12-18-9-7-17(8-10-18)11-13-1-5-16-6-2-13/h1-2,5-6H,3-4,7-12,15H2. The zero-order chi connectivity index (χ0) is 12.4. The van der Waals surface area contributed by atoms with E-state index < -0.39 is 0 Å². The van der Waals surface area contributed by atoms with Crippen LogP contribution in [-0.2, 0) is 6.54 Å². The number of aromatic nitrogens is 1. The minimum absolute atomic E-state index is 0.160. The summed E-state index contributed by atoms with van der Waals surface area (Å²) >= 11 is 0. The Morgan fingerprint density at radius 3 is 2.28 bits per heavy atom. The molecule has 1 saturated heterocycles. The van der Waals surface area contributed by atoms with Crippen LogP contribution in [0.25, 0.3) is 0 Å². The van der Waals surface area contributed by atoms with Gasteiger partial charge >= 0.3 is 0 Å². The fourth-order valence-corrected chi connectivity index (χ4v) is 2.62. The van der Waals surface area contributed by atoms with Gasteiger partial charge in [0.15, 0.2) is 0 Å². The highest BCUT2D eigenvalue weighted by molar-refractivity contribution is 5.09. The second kappa shape index (κ2) is 4.96. The van der Waals surface area contributed by atoms with Gasteiger partial charge in [-0.15, -0.1) is 0 Å². The fraction of sp³-hybridized carbons (Fsp3) is 0.643. The van der Waals surface area contributed by atoms with Crippen LogP contribution in [0.5, 0.6) is 0 Å². The Morgan fingerprint density at radius 1 is 1.06 bits per heavy atom. The molecular weight excluding hydrogens is 224 g/mol. The summed E-state index contributed by atoms with van der Waals surface area (Å²) in [6.45, 7) is 6.76. The first-order valence-corrected chi connectivity index (χ1v) is 6.86. The molecule has 1 aliphatic carbocycles. The summed E-state index contributed by atoms with van der Waals surface area (Å²) in [5.74, 6) is 0. The van der Waals surface area contributed by atoms with E-state index >= 15 is 0 Å². The van der Waals surface area contributed by atoms with Gasteiger partial charge in [-0.1, -0.05) is 0 Å². The monoisotopic (exact) mass is 246 g/mol. The van der Waals surface area contributed by atoms with E-state index in [1.807, 2.05) is 12.4 Å². The van der Waals surface area contributed by atoms with Crippen LogP contribution in [0, 0.1) is 0 Å². The average Bonchev–Trinajstić information content (AvgIpc) is 3.11. The fourth-order valence-electron chi connectivity index (χ4n) is 2.62. The van der Waals surface area contributed by atoms with Gasteiger partial charge in [0.05, 0.1) is 0 Å². The largest absolute Gasteiger partial charge is 0.324 e. The molecule has 2 heterocycles. The number of piperazine rings is 1. The van der Waals surface area contributed by atoms with E-state index in [0.717, 1.165) is 39.3 Å². The number of pyridine rings is 1. The molecule has 2 N–H and O–H groups in total. The Morgan fingerprint density at radius 2 is 1.67 bits per heavy atom. The van der Waals surface area contributed by atoms with Crippen molar-refractivity contribution in [2.24, 2.45) is 5.73 Å². The molecule has 2 fully saturated rings. The van der Waals surface area contributed by atoms with Crippen molar-refractivity contribution >= 4 is 0 Å². The maximum Gasteiger partial charge on any atom is 0.0284 e. The molecule has 4 heteroatoms. The second-order valence-corrected chi connectivity index (χ2v) is 5.77. The van der Waals surface area contributed by atoms with Crippen LogP contribution >= 0.6 is 0 Å². The summed E-state index contributed by atoms with van der Waals surface area (Å²) < 4.78 is 0. The summed E-state index contributed by atoms with van der Waals surface area (Å²) in [6, 6.07) is 4.21. The molecule has 3 rings (SSSR count). The number of hydrogen-bond donors (Lipinski definition) is 1. The Labute approximate surface area is 109 Å². The highest BCUT2D eigenvalue weighted by atomic mass is 15.3. The number of nitrogens with two attached hydrogens (primary N) is 1. The van der Waals surface area contributed by atoms with Crippen LogP contribution in [0.2, 0.25) is 0 Å². The topological polar surface area (TPSA) is 45.4 Å². The lowest BCUT2D eigenvalue weighted by molar-refractivity contribution is 0.119. The van der Waals surface area contributed by atoms with Crippen LogP contribution in [0.4, 0.5) is 0 Å². The predicted octanol–water partition coefficient (Wildman–Crippen LogP) is 0.691. The molecule has 2 aliphatic rings. The van der Waals surface area contributed by atoms with Gasteiger partial charge < -0.3 is 5.73 Å². The maximum atomic E-state index is 6.17. The van der Waals surface area contributed by atoms with E-state index in [0.29, 0.717) is 0 Å². The smallest absolute Gasteiger partial charge is 0.0284 e. The molecule has 1 aromatic rings. The molecular formula is C14H22N4. The quantitative estimate of drug-likeness (QED) is 0.849. The average molecular weight is 246 g/mol. The van der Waals surface area contributed by atoms with Gasteiger partial charge in [0.25, 0.3) is 0 Å². The van der Waals surface area contributed by atoms with E-state index in [1.165, 1.54) is 18.4 Å². The Hall–Kier alpha value is -0.970. The molecule has 0 bridgehead atoms. The minimum atomic E-state index is 0.160. The molecule has 1 saturated carbocycles. The summed E-state index contributed by atoms with van der Waals surface area (Å²) in [6.07, 6.45) is 6.17. The number of nitrogens with zero attached hydrogens (tertiary/aromatic N) is 3. The third-order valence-corrected chi connectivity index (χ3v) is 4.05. The Bertz CT molecular complexity index is 380. The lowest BCUT2D eigenvalue weighted by Gasteiger charge is -2.36. The van der Waals surface area contributed by atoms with Crippen LogP contribution < -0.4 is 5.73 Å². The summed E-state index contributed by atoms with van der Waals surface area (Å²) in [5.41, 5.74) is 7.69. The van der Waals surface area contributed by atoms with Gasteiger partial charge in [0.2, 0.25) is 0 Å². The van der Waals surface area contributed by atoms with Gasteiger partial charge in [0.1, 0.15) is 0 Å². The van der Waals surface area contributed by atoms with Crippen LogP contribution in [0.3, 0.4) is 0 Å². The molecule has 18 heavy (non-hydrogen) atoms. The first-order chi connectivity index (χ1) is 8.73. The molecule has 0 atom stereocenters. The van der Waals surface area contributed by atoms with Gasteiger partial charge in [-0.05, 0) is 30.5 Å². The van der Waals surface area contributed by atoms with Crippen molar-refractivity contribution in [1.82, 2.24) is 14.8 Å². The maximum absolute atomic E-state index is 6.17. The summed E-state index contributed by atoms with van der Waals surface area (Å²) in [7, 11) is 0.